The molecule has 0 aliphatic heterocycles. The van der Waals surface area contributed by atoms with E-state index in [0.29, 0.717) is 10.2 Å². The Bertz CT molecular complexity index is 806. The molecule has 0 unspecified atom stereocenters. The molecule has 0 saturated carbocycles. The highest BCUT2D eigenvalue weighted by molar-refractivity contribution is 9.10. The monoisotopic (exact) mass is 374 g/mol. The minimum Gasteiger partial charge on any atom is -0.329 e. The molecule has 0 aliphatic rings. The molecule has 1 heterocycles. The number of nitrogens with zero attached hydrogens (tertiary/aromatic N) is 1. The van der Waals surface area contributed by atoms with Gasteiger partial charge in [0.2, 0.25) is 0 Å². The third-order valence-corrected chi connectivity index (χ3v) is 4.38. The summed E-state index contributed by atoms with van der Waals surface area (Å²) in [7, 11) is 0. The van der Waals surface area contributed by atoms with Crippen LogP contribution in [-0.2, 0) is 0 Å². The molecule has 1 aromatic heterocycles. The third-order valence-electron chi connectivity index (χ3n) is 2.60. The first-order valence-electron chi connectivity index (χ1n) is 5.50. The number of hydrogen-bond acceptors (Lipinski definition) is 3. The van der Waals surface area contributed by atoms with Gasteiger partial charge in [-0.1, -0.05) is 22.9 Å². The van der Waals surface area contributed by atoms with Crippen LogP contribution in [0.1, 0.15) is 0 Å². The average Bonchev–Trinajstić information content (AvgIpc) is 2.77. The fraction of sp³-hybridized carbons (Fsp3) is 0. The summed E-state index contributed by atoms with van der Waals surface area (Å²) in [5.74, 6) is -1.10. The Morgan fingerprint density at radius 3 is 2.75 bits per heavy atom. The number of aromatic nitrogens is 1. The minimum atomic E-state index is -0.560. The Hall–Kier alpha value is -1.24. The lowest BCUT2D eigenvalue weighted by atomic mass is 10.3. The normalized spacial score (nSPS) is 11.0. The maximum Gasteiger partial charge on any atom is 0.188 e. The predicted octanol–water partition coefficient (Wildman–Crippen LogP) is 5.73. The van der Waals surface area contributed by atoms with Gasteiger partial charge in [0.25, 0.3) is 0 Å². The zero-order chi connectivity index (χ0) is 14.3. The molecular formula is C13H6BrClF2N2S. The molecule has 2 nitrogen and oxygen atoms in total. The zero-order valence-electron chi connectivity index (χ0n) is 9.75. The van der Waals surface area contributed by atoms with Crippen molar-refractivity contribution in [2.24, 2.45) is 0 Å². The van der Waals surface area contributed by atoms with Gasteiger partial charge in [0.1, 0.15) is 11.6 Å². The molecule has 0 atom stereocenters. The summed E-state index contributed by atoms with van der Waals surface area (Å²) in [6.45, 7) is 0. The maximum atomic E-state index is 13.7. The SMILES string of the molecule is Fc1cc(Nc2nc3ccc(Cl)cc3s2)c(F)cc1Br. The van der Waals surface area contributed by atoms with Crippen molar-refractivity contribution in [1.29, 1.82) is 0 Å². The largest absolute Gasteiger partial charge is 0.329 e. The fourth-order valence-electron chi connectivity index (χ4n) is 1.69. The van der Waals surface area contributed by atoms with E-state index in [1.807, 2.05) is 0 Å². The quantitative estimate of drug-likeness (QED) is 0.578. The van der Waals surface area contributed by atoms with Crippen LogP contribution in [0.2, 0.25) is 5.02 Å². The molecule has 0 spiro atoms. The van der Waals surface area contributed by atoms with Crippen LogP contribution < -0.4 is 5.32 Å². The first-order valence-corrected chi connectivity index (χ1v) is 7.49. The summed E-state index contributed by atoms with van der Waals surface area (Å²) in [6.07, 6.45) is 0. The Balaban J connectivity index is 1.99. The maximum absolute atomic E-state index is 13.7. The summed E-state index contributed by atoms with van der Waals surface area (Å²) in [4.78, 5) is 4.29. The van der Waals surface area contributed by atoms with Gasteiger partial charge in [-0.3, -0.25) is 0 Å². The summed E-state index contributed by atoms with van der Waals surface area (Å²) in [5, 5.41) is 3.86. The van der Waals surface area contributed by atoms with Crippen molar-refractivity contribution in [1.82, 2.24) is 4.98 Å². The van der Waals surface area contributed by atoms with Crippen molar-refractivity contribution in [2.75, 3.05) is 5.32 Å². The van der Waals surface area contributed by atoms with E-state index in [9.17, 15) is 8.78 Å². The van der Waals surface area contributed by atoms with E-state index in [1.165, 1.54) is 11.3 Å². The van der Waals surface area contributed by atoms with Crippen LogP contribution in [-0.4, -0.2) is 4.98 Å². The first kappa shape index (κ1) is 13.7. The van der Waals surface area contributed by atoms with Crippen LogP contribution in [0.25, 0.3) is 10.2 Å². The number of benzene rings is 2. The Morgan fingerprint density at radius 1 is 1.15 bits per heavy atom. The lowest BCUT2D eigenvalue weighted by Crippen LogP contribution is -1.94. The number of hydrogen-bond donors (Lipinski definition) is 1. The Kier molecular flexibility index (Phi) is 3.62. The van der Waals surface area contributed by atoms with Crippen LogP contribution >= 0.6 is 38.9 Å². The molecule has 102 valence electrons. The van der Waals surface area contributed by atoms with E-state index in [4.69, 9.17) is 11.6 Å². The van der Waals surface area contributed by atoms with Gasteiger partial charge in [-0.25, -0.2) is 13.8 Å². The zero-order valence-corrected chi connectivity index (χ0v) is 12.9. The molecular weight excluding hydrogens is 370 g/mol. The van der Waals surface area contributed by atoms with Gasteiger partial charge in [0.05, 0.1) is 20.4 Å². The topological polar surface area (TPSA) is 24.9 Å². The Morgan fingerprint density at radius 2 is 1.95 bits per heavy atom. The van der Waals surface area contributed by atoms with E-state index in [0.717, 1.165) is 22.3 Å². The summed E-state index contributed by atoms with van der Waals surface area (Å²) >= 11 is 10.1. The molecule has 0 aliphatic carbocycles. The second-order valence-electron chi connectivity index (χ2n) is 4.00. The third kappa shape index (κ3) is 2.63. The van der Waals surface area contributed by atoms with E-state index < -0.39 is 11.6 Å². The number of halogens is 4. The van der Waals surface area contributed by atoms with E-state index in [2.05, 4.69) is 26.2 Å². The van der Waals surface area contributed by atoms with Gasteiger partial charge in [-0.05, 0) is 40.2 Å². The van der Waals surface area contributed by atoms with Crippen molar-refractivity contribution in [3.05, 3.63) is 51.5 Å². The van der Waals surface area contributed by atoms with Crippen LogP contribution in [0, 0.1) is 11.6 Å². The standard InChI is InChI=1S/C13H6BrClF2N2S/c14-7-4-9(17)11(5-8(7)16)19-13-18-10-2-1-6(15)3-12(10)20-13/h1-5H,(H,18,19). The number of anilines is 2. The van der Waals surface area contributed by atoms with Crippen LogP contribution in [0.3, 0.4) is 0 Å². The smallest absolute Gasteiger partial charge is 0.188 e. The van der Waals surface area contributed by atoms with Crippen molar-refractivity contribution >= 4 is 59.9 Å². The molecule has 3 aromatic rings. The molecule has 3 rings (SSSR count). The van der Waals surface area contributed by atoms with Gasteiger partial charge in [-0.15, -0.1) is 0 Å². The van der Waals surface area contributed by atoms with Crippen LogP contribution in [0.5, 0.6) is 0 Å². The van der Waals surface area contributed by atoms with Gasteiger partial charge in [0.15, 0.2) is 5.13 Å². The van der Waals surface area contributed by atoms with Gasteiger partial charge in [-0.2, -0.15) is 0 Å². The number of thiazole rings is 1. The van der Waals surface area contributed by atoms with Crippen LogP contribution in [0.4, 0.5) is 19.6 Å². The predicted molar refractivity (Wildman–Crippen MR) is 82.0 cm³/mol. The summed E-state index contributed by atoms with van der Waals surface area (Å²) in [6, 6.07) is 7.43. The Labute approximate surface area is 130 Å². The second-order valence-corrected chi connectivity index (χ2v) is 6.32. The number of nitrogens with one attached hydrogen (secondary N) is 1. The van der Waals surface area contributed by atoms with E-state index in [-0.39, 0.29) is 10.2 Å². The molecule has 0 bridgehead atoms. The second kappa shape index (κ2) is 5.27. The minimum absolute atomic E-state index is 0.0378. The molecule has 7 heteroatoms. The molecule has 20 heavy (non-hydrogen) atoms. The number of rotatable bonds is 2. The fourth-order valence-corrected chi connectivity index (χ4v) is 3.16. The molecule has 0 saturated heterocycles. The van der Waals surface area contributed by atoms with Crippen molar-refractivity contribution < 1.29 is 8.78 Å². The van der Waals surface area contributed by atoms with Crippen molar-refractivity contribution in [2.45, 2.75) is 0 Å². The first-order chi connectivity index (χ1) is 9.52. The van der Waals surface area contributed by atoms with Gasteiger partial charge >= 0.3 is 0 Å². The average molecular weight is 376 g/mol. The molecule has 0 amide bonds. The van der Waals surface area contributed by atoms with Crippen molar-refractivity contribution in [3.63, 3.8) is 0 Å². The molecule has 0 fully saturated rings. The highest BCUT2D eigenvalue weighted by Crippen LogP contribution is 2.32. The van der Waals surface area contributed by atoms with Gasteiger partial charge in [0, 0.05) is 11.1 Å². The summed E-state index contributed by atoms with van der Waals surface area (Å²) in [5.41, 5.74) is 0.788. The number of fused-ring (bicyclic) bond motifs is 1. The van der Waals surface area contributed by atoms with E-state index >= 15 is 0 Å². The van der Waals surface area contributed by atoms with Crippen molar-refractivity contribution in [3.8, 4) is 0 Å². The highest BCUT2D eigenvalue weighted by atomic mass is 79.9. The van der Waals surface area contributed by atoms with Gasteiger partial charge < -0.3 is 5.32 Å². The molecule has 1 N–H and O–H groups in total. The molecule has 0 radical (unpaired) electrons. The van der Waals surface area contributed by atoms with Crippen LogP contribution in [0.15, 0.2) is 34.8 Å². The lowest BCUT2D eigenvalue weighted by molar-refractivity contribution is 0.598. The molecule has 2 aromatic carbocycles. The lowest BCUT2D eigenvalue weighted by Gasteiger charge is -2.05. The summed E-state index contributed by atoms with van der Waals surface area (Å²) < 4.78 is 28.1. The van der Waals surface area contributed by atoms with E-state index in [1.54, 1.807) is 18.2 Å². The highest BCUT2D eigenvalue weighted by Gasteiger charge is 2.11.